The number of fused-ring (bicyclic) bond motifs is 1. The van der Waals surface area contributed by atoms with Gasteiger partial charge in [0, 0.05) is 18.9 Å². The van der Waals surface area contributed by atoms with E-state index in [1.54, 1.807) is 0 Å². The predicted octanol–water partition coefficient (Wildman–Crippen LogP) is -0.0686. The lowest BCUT2D eigenvalue weighted by Gasteiger charge is -2.21. The van der Waals surface area contributed by atoms with Crippen molar-refractivity contribution in [3.63, 3.8) is 0 Å². The summed E-state index contributed by atoms with van der Waals surface area (Å²) in [5, 5.41) is 2.11. The molecule has 0 aliphatic carbocycles. The first kappa shape index (κ1) is 15.8. The molecule has 1 aromatic rings. The molecule has 1 unspecified atom stereocenters. The number of piperidine rings is 1. The molecule has 9 heteroatoms. The van der Waals surface area contributed by atoms with Gasteiger partial charge in [0.2, 0.25) is 21.8 Å². The van der Waals surface area contributed by atoms with Crippen molar-refractivity contribution in [2.75, 3.05) is 13.2 Å². The van der Waals surface area contributed by atoms with Crippen molar-refractivity contribution in [3.05, 3.63) is 18.2 Å². The fourth-order valence-electron chi connectivity index (χ4n) is 2.37. The Kier molecular flexibility index (Phi) is 4.22. The lowest BCUT2D eigenvalue weighted by atomic mass is 10.1. The number of rotatable bonds is 3. The quantitative estimate of drug-likeness (QED) is 0.745. The molecule has 2 amide bonds. The van der Waals surface area contributed by atoms with Crippen molar-refractivity contribution in [1.29, 1.82) is 0 Å². The number of hydrogen-bond acceptors (Lipinski definition) is 6. The van der Waals surface area contributed by atoms with Crippen molar-refractivity contribution >= 4 is 21.8 Å². The third-order valence-electron chi connectivity index (χ3n) is 3.57. The number of benzene rings is 1. The molecule has 0 bridgehead atoms. The summed E-state index contributed by atoms with van der Waals surface area (Å²) in [6.45, 7) is 0.949. The summed E-state index contributed by atoms with van der Waals surface area (Å²) in [5.74, 6) is -0.198. The Morgan fingerprint density at radius 1 is 1.13 bits per heavy atom. The van der Waals surface area contributed by atoms with E-state index >= 15 is 0 Å². The second kappa shape index (κ2) is 6.17. The van der Waals surface area contributed by atoms with Crippen molar-refractivity contribution < 1.29 is 27.5 Å². The maximum absolute atomic E-state index is 12.4. The van der Waals surface area contributed by atoms with Gasteiger partial charge in [0.25, 0.3) is 0 Å². The minimum absolute atomic E-state index is 0.0218. The van der Waals surface area contributed by atoms with E-state index in [0.29, 0.717) is 31.1 Å². The molecule has 0 aromatic heterocycles. The van der Waals surface area contributed by atoms with Crippen LogP contribution in [0.4, 0.5) is 0 Å². The van der Waals surface area contributed by atoms with Crippen molar-refractivity contribution in [1.82, 2.24) is 10.0 Å². The minimum atomic E-state index is -3.91. The molecular weight excluding hydrogens is 324 g/mol. The maximum atomic E-state index is 12.4. The SMILES string of the molecule is O=C1CCC(NS(=O)(=O)c2ccc3c(c2)OCCCO3)C(=O)N1. The van der Waals surface area contributed by atoms with Crippen LogP contribution < -0.4 is 19.5 Å². The van der Waals surface area contributed by atoms with Crippen LogP contribution in [0.1, 0.15) is 19.3 Å². The van der Waals surface area contributed by atoms with Gasteiger partial charge in [0.1, 0.15) is 6.04 Å². The van der Waals surface area contributed by atoms with E-state index in [9.17, 15) is 18.0 Å². The first-order valence-electron chi connectivity index (χ1n) is 7.21. The molecule has 1 atom stereocenters. The van der Waals surface area contributed by atoms with E-state index in [0.717, 1.165) is 0 Å². The summed E-state index contributed by atoms with van der Waals surface area (Å²) < 4.78 is 38.1. The van der Waals surface area contributed by atoms with Crippen LogP contribution >= 0.6 is 0 Å². The molecular formula is C14H16N2O6S. The van der Waals surface area contributed by atoms with Crippen LogP contribution in [0.25, 0.3) is 0 Å². The Hall–Kier alpha value is -2.13. The van der Waals surface area contributed by atoms with Gasteiger partial charge in [0.05, 0.1) is 18.1 Å². The molecule has 1 fully saturated rings. The van der Waals surface area contributed by atoms with Crippen LogP contribution in [0.3, 0.4) is 0 Å². The number of sulfonamides is 1. The molecule has 1 saturated heterocycles. The van der Waals surface area contributed by atoms with Crippen LogP contribution in [-0.4, -0.2) is 39.5 Å². The van der Waals surface area contributed by atoms with Crippen molar-refractivity contribution in [2.24, 2.45) is 0 Å². The third-order valence-corrected chi connectivity index (χ3v) is 5.04. The second-order valence-corrected chi connectivity index (χ2v) is 7.00. The molecule has 0 spiro atoms. The fraction of sp³-hybridized carbons (Fsp3) is 0.429. The summed E-state index contributed by atoms with van der Waals surface area (Å²) in [7, 11) is -3.91. The molecule has 2 N–H and O–H groups in total. The van der Waals surface area contributed by atoms with E-state index in [1.807, 2.05) is 0 Å². The number of imide groups is 1. The van der Waals surface area contributed by atoms with Gasteiger partial charge in [-0.25, -0.2) is 8.42 Å². The molecule has 8 nitrogen and oxygen atoms in total. The Bertz CT molecular complexity index is 746. The highest BCUT2D eigenvalue weighted by atomic mass is 32.2. The number of amides is 2. The van der Waals surface area contributed by atoms with Crippen LogP contribution in [0, 0.1) is 0 Å². The van der Waals surface area contributed by atoms with Crippen molar-refractivity contribution in [2.45, 2.75) is 30.2 Å². The summed E-state index contributed by atoms with van der Waals surface area (Å²) in [6, 6.07) is 3.32. The second-order valence-electron chi connectivity index (χ2n) is 5.28. The zero-order chi connectivity index (χ0) is 16.4. The van der Waals surface area contributed by atoms with Gasteiger partial charge in [-0.1, -0.05) is 0 Å². The van der Waals surface area contributed by atoms with Gasteiger partial charge in [-0.2, -0.15) is 4.72 Å². The maximum Gasteiger partial charge on any atom is 0.244 e. The molecule has 3 rings (SSSR count). The van der Waals surface area contributed by atoms with Crippen LogP contribution in [0.2, 0.25) is 0 Å². The number of carbonyl (C=O) groups excluding carboxylic acids is 2. The molecule has 0 saturated carbocycles. The standard InChI is InChI=1S/C14H16N2O6S/c17-13-5-3-10(14(18)15-13)16-23(19,20)9-2-4-11-12(8-9)22-7-1-6-21-11/h2,4,8,10,16H,1,3,5-7H2,(H,15,17,18). The largest absolute Gasteiger partial charge is 0.490 e. The number of nitrogens with one attached hydrogen (secondary N) is 2. The Balaban J connectivity index is 1.81. The van der Waals surface area contributed by atoms with Crippen molar-refractivity contribution in [3.8, 4) is 11.5 Å². The smallest absolute Gasteiger partial charge is 0.244 e. The first-order chi connectivity index (χ1) is 11.0. The number of hydrogen-bond donors (Lipinski definition) is 2. The number of carbonyl (C=O) groups is 2. The van der Waals surface area contributed by atoms with E-state index in [-0.39, 0.29) is 17.7 Å². The van der Waals surface area contributed by atoms with E-state index in [1.165, 1.54) is 18.2 Å². The zero-order valence-electron chi connectivity index (χ0n) is 12.2. The van der Waals surface area contributed by atoms with Gasteiger partial charge in [0.15, 0.2) is 11.5 Å². The zero-order valence-corrected chi connectivity index (χ0v) is 13.0. The minimum Gasteiger partial charge on any atom is -0.490 e. The lowest BCUT2D eigenvalue weighted by molar-refractivity contribution is -0.134. The molecule has 2 aliphatic rings. The van der Waals surface area contributed by atoms with Gasteiger partial charge in [-0.15, -0.1) is 0 Å². The van der Waals surface area contributed by atoms with Gasteiger partial charge in [-0.05, 0) is 18.6 Å². The Morgan fingerprint density at radius 2 is 1.87 bits per heavy atom. The molecule has 0 radical (unpaired) electrons. The third kappa shape index (κ3) is 3.45. The summed E-state index contributed by atoms with van der Waals surface area (Å²) >= 11 is 0. The fourth-order valence-corrected chi connectivity index (χ4v) is 3.62. The van der Waals surface area contributed by atoms with E-state index in [2.05, 4.69) is 10.0 Å². The average Bonchev–Trinajstić information content (AvgIpc) is 2.74. The highest BCUT2D eigenvalue weighted by Crippen LogP contribution is 2.32. The molecule has 2 heterocycles. The van der Waals surface area contributed by atoms with Gasteiger partial charge >= 0.3 is 0 Å². The normalized spacial score (nSPS) is 21.5. The number of ether oxygens (including phenoxy) is 2. The predicted molar refractivity (Wildman–Crippen MR) is 78.5 cm³/mol. The topological polar surface area (TPSA) is 111 Å². The van der Waals surface area contributed by atoms with Crippen LogP contribution in [-0.2, 0) is 19.6 Å². The average molecular weight is 340 g/mol. The lowest BCUT2D eigenvalue weighted by Crippen LogP contribution is -2.52. The first-order valence-corrected chi connectivity index (χ1v) is 8.70. The monoisotopic (exact) mass is 340 g/mol. The summed E-state index contributed by atoms with van der Waals surface area (Å²) in [6.07, 6.45) is 0.944. The van der Waals surface area contributed by atoms with E-state index in [4.69, 9.17) is 9.47 Å². The van der Waals surface area contributed by atoms with Gasteiger partial charge in [-0.3, -0.25) is 14.9 Å². The highest BCUT2D eigenvalue weighted by molar-refractivity contribution is 7.89. The Labute approximate surface area is 133 Å². The molecule has 23 heavy (non-hydrogen) atoms. The van der Waals surface area contributed by atoms with E-state index < -0.39 is 27.9 Å². The molecule has 124 valence electrons. The van der Waals surface area contributed by atoms with Crippen LogP contribution in [0.15, 0.2) is 23.1 Å². The summed E-state index contributed by atoms with van der Waals surface area (Å²) in [4.78, 5) is 22.8. The van der Waals surface area contributed by atoms with Crippen LogP contribution in [0.5, 0.6) is 11.5 Å². The Morgan fingerprint density at radius 3 is 2.61 bits per heavy atom. The summed E-state index contributed by atoms with van der Waals surface area (Å²) in [5.41, 5.74) is 0. The molecule has 1 aromatic carbocycles. The highest BCUT2D eigenvalue weighted by Gasteiger charge is 2.31. The molecule has 2 aliphatic heterocycles. The van der Waals surface area contributed by atoms with Gasteiger partial charge < -0.3 is 9.47 Å².